The van der Waals surface area contributed by atoms with Crippen molar-refractivity contribution in [2.45, 2.75) is 13.0 Å². The van der Waals surface area contributed by atoms with Crippen LogP contribution in [0.2, 0.25) is 0 Å². The standard InChI is InChI=1S/C4H7NO/c1-3-4(2)6-5-3/h4-5H,1H2,2H3. The van der Waals surface area contributed by atoms with Crippen molar-refractivity contribution in [1.29, 1.82) is 0 Å². The second kappa shape index (κ2) is 0.980. The summed E-state index contributed by atoms with van der Waals surface area (Å²) in [6.45, 7) is 5.55. The van der Waals surface area contributed by atoms with Crippen LogP contribution in [0.1, 0.15) is 6.92 Å². The molecule has 1 rings (SSSR count). The van der Waals surface area contributed by atoms with E-state index in [1.165, 1.54) is 0 Å². The van der Waals surface area contributed by atoms with Gasteiger partial charge in [-0.2, -0.15) is 0 Å². The molecule has 0 radical (unpaired) electrons. The Hall–Kier alpha value is -0.500. The first kappa shape index (κ1) is 3.68. The van der Waals surface area contributed by atoms with Crippen LogP contribution in [0.3, 0.4) is 0 Å². The van der Waals surface area contributed by atoms with Gasteiger partial charge in [-0.25, -0.2) is 0 Å². The molecular weight excluding hydrogens is 78.0 g/mol. The molecule has 1 unspecified atom stereocenters. The molecule has 0 saturated carbocycles. The van der Waals surface area contributed by atoms with E-state index in [0.717, 1.165) is 5.70 Å². The topological polar surface area (TPSA) is 21.3 Å². The van der Waals surface area contributed by atoms with E-state index in [9.17, 15) is 0 Å². The Kier molecular flexibility index (Phi) is 0.601. The normalized spacial score (nSPS) is 31.5. The molecule has 34 valence electrons. The summed E-state index contributed by atoms with van der Waals surface area (Å²) >= 11 is 0. The molecule has 1 aliphatic rings. The fourth-order valence-corrected chi connectivity index (χ4v) is 0.260. The summed E-state index contributed by atoms with van der Waals surface area (Å²) in [6.07, 6.45) is 0.227. The molecule has 0 aromatic carbocycles. The summed E-state index contributed by atoms with van der Waals surface area (Å²) in [7, 11) is 0. The Morgan fingerprint density at radius 3 is 2.50 bits per heavy atom. The second-order valence-electron chi connectivity index (χ2n) is 1.39. The summed E-state index contributed by atoms with van der Waals surface area (Å²) in [6, 6.07) is 0. The van der Waals surface area contributed by atoms with Crippen LogP contribution in [-0.4, -0.2) is 6.10 Å². The molecule has 1 saturated heterocycles. The van der Waals surface area contributed by atoms with Crippen molar-refractivity contribution in [3.8, 4) is 0 Å². The Morgan fingerprint density at radius 1 is 2.00 bits per heavy atom. The zero-order chi connectivity index (χ0) is 4.57. The highest BCUT2D eigenvalue weighted by Gasteiger charge is 2.15. The monoisotopic (exact) mass is 85.1 g/mol. The average molecular weight is 85.1 g/mol. The molecule has 1 atom stereocenters. The maximum absolute atomic E-state index is 4.69. The highest BCUT2D eigenvalue weighted by molar-refractivity contribution is 5.00. The van der Waals surface area contributed by atoms with Gasteiger partial charge in [-0.15, -0.1) is 0 Å². The third-order valence-electron chi connectivity index (χ3n) is 0.858. The molecule has 0 aliphatic carbocycles. The van der Waals surface area contributed by atoms with E-state index in [2.05, 4.69) is 12.1 Å². The van der Waals surface area contributed by atoms with E-state index >= 15 is 0 Å². The maximum atomic E-state index is 4.69. The predicted molar refractivity (Wildman–Crippen MR) is 22.8 cm³/mol. The van der Waals surface area contributed by atoms with E-state index in [4.69, 9.17) is 4.84 Å². The summed E-state index contributed by atoms with van der Waals surface area (Å²) in [4.78, 5) is 4.69. The van der Waals surface area contributed by atoms with E-state index in [1.807, 2.05) is 6.92 Å². The van der Waals surface area contributed by atoms with Gasteiger partial charge in [-0.1, -0.05) is 6.58 Å². The fraction of sp³-hybridized carbons (Fsp3) is 0.500. The van der Waals surface area contributed by atoms with Crippen LogP contribution in [0.15, 0.2) is 12.3 Å². The molecule has 2 nitrogen and oxygen atoms in total. The second-order valence-corrected chi connectivity index (χ2v) is 1.39. The van der Waals surface area contributed by atoms with Gasteiger partial charge in [0.05, 0.1) is 5.70 Å². The van der Waals surface area contributed by atoms with Crippen LogP contribution in [0, 0.1) is 0 Å². The van der Waals surface area contributed by atoms with E-state index in [1.54, 1.807) is 0 Å². The van der Waals surface area contributed by atoms with Crippen molar-refractivity contribution < 1.29 is 4.84 Å². The van der Waals surface area contributed by atoms with Gasteiger partial charge in [0, 0.05) is 0 Å². The first-order valence-corrected chi connectivity index (χ1v) is 1.91. The van der Waals surface area contributed by atoms with Crippen LogP contribution < -0.4 is 5.48 Å². The third kappa shape index (κ3) is 0.303. The number of rotatable bonds is 0. The molecule has 1 aliphatic heterocycles. The van der Waals surface area contributed by atoms with E-state index in [0.29, 0.717) is 0 Å². The minimum Gasteiger partial charge on any atom is -0.268 e. The summed E-state index contributed by atoms with van der Waals surface area (Å²) < 4.78 is 0. The van der Waals surface area contributed by atoms with Crippen LogP contribution in [0.5, 0.6) is 0 Å². The molecule has 0 aromatic heterocycles. The first-order valence-electron chi connectivity index (χ1n) is 1.91. The van der Waals surface area contributed by atoms with Gasteiger partial charge in [0.2, 0.25) is 0 Å². The minimum atomic E-state index is 0.227. The van der Waals surface area contributed by atoms with Crippen LogP contribution in [0.25, 0.3) is 0 Å². The maximum Gasteiger partial charge on any atom is 0.124 e. The Morgan fingerprint density at radius 2 is 2.50 bits per heavy atom. The summed E-state index contributed by atoms with van der Waals surface area (Å²) in [5, 5.41) is 0. The zero-order valence-electron chi connectivity index (χ0n) is 3.69. The number of nitrogens with one attached hydrogen (secondary N) is 1. The Labute approximate surface area is 36.8 Å². The highest BCUT2D eigenvalue weighted by atomic mass is 16.7. The van der Waals surface area contributed by atoms with Crippen LogP contribution in [-0.2, 0) is 4.84 Å². The molecule has 6 heavy (non-hydrogen) atoms. The highest BCUT2D eigenvalue weighted by Crippen LogP contribution is 2.07. The average Bonchev–Trinajstić information content (AvgIpc) is 1.61. The van der Waals surface area contributed by atoms with Crippen molar-refractivity contribution in [2.24, 2.45) is 0 Å². The molecule has 1 heterocycles. The fourth-order valence-electron chi connectivity index (χ4n) is 0.260. The van der Waals surface area contributed by atoms with Gasteiger partial charge in [-0.05, 0) is 6.92 Å². The Balaban J connectivity index is 2.39. The molecule has 0 amide bonds. The quantitative estimate of drug-likeness (QED) is 0.460. The van der Waals surface area contributed by atoms with Crippen molar-refractivity contribution >= 4 is 0 Å². The number of hydroxylamine groups is 1. The summed E-state index contributed by atoms with van der Waals surface area (Å²) in [5.74, 6) is 0. The lowest BCUT2D eigenvalue weighted by atomic mass is 10.3. The smallest absolute Gasteiger partial charge is 0.124 e. The van der Waals surface area contributed by atoms with E-state index in [-0.39, 0.29) is 6.10 Å². The van der Waals surface area contributed by atoms with Crippen molar-refractivity contribution in [1.82, 2.24) is 5.48 Å². The van der Waals surface area contributed by atoms with Crippen molar-refractivity contribution in [3.05, 3.63) is 12.3 Å². The minimum absolute atomic E-state index is 0.227. The Bertz CT molecular complexity index is 79.6. The molecule has 0 aromatic rings. The summed E-state index contributed by atoms with van der Waals surface area (Å²) in [5.41, 5.74) is 3.53. The van der Waals surface area contributed by atoms with Gasteiger partial charge in [0.1, 0.15) is 6.10 Å². The molecule has 2 heteroatoms. The third-order valence-corrected chi connectivity index (χ3v) is 0.858. The first-order chi connectivity index (χ1) is 2.80. The zero-order valence-corrected chi connectivity index (χ0v) is 3.69. The lowest BCUT2D eigenvalue weighted by Gasteiger charge is -2.26. The van der Waals surface area contributed by atoms with Gasteiger partial charge >= 0.3 is 0 Å². The van der Waals surface area contributed by atoms with Crippen molar-refractivity contribution in [2.75, 3.05) is 0 Å². The van der Waals surface area contributed by atoms with Crippen LogP contribution in [0.4, 0.5) is 0 Å². The van der Waals surface area contributed by atoms with Crippen molar-refractivity contribution in [3.63, 3.8) is 0 Å². The predicted octanol–water partition coefficient (Wildman–Crippen LogP) is 0.423. The number of hydrogen-bond acceptors (Lipinski definition) is 2. The molecular formula is C4H7NO. The van der Waals surface area contributed by atoms with Gasteiger partial charge in [0.25, 0.3) is 0 Å². The number of hydrogen-bond donors (Lipinski definition) is 1. The van der Waals surface area contributed by atoms with E-state index < -0.39 is 0 Å². The SMILES string of the molecule is C=C1NOC1C. The lowest BCUT2D eigenvalue weighted by molar-refractivity contribution is -0.0647. The largest absolute Gasteiger partial charge is 0.268 e. The van der Waals surface area contributed by atoms with Gasteiger partial charge in [0.15, 0.2) is 0 Å². The molecule has 1 N–H and O–H groups in total. The molecule has 0 spiro atoms. The van der Waals surface area contributed by atoms with Gasteiger partial charge in [-0.3, -0.25) is 10.3 Å². The molecule has 1 fully saturated rings. The molecule has 0 bridgehead atoms. The van der Waals surface area contributed by atoms with Gasteiger partial charge < -0.3 is 0 Å². The lowest BCUT2D eigenvalue weighted by Crippen LogP contribution is -2.38. The van der Waals surface area contributed by atoms with Crippen LogP contribution >= 0.6 is 0 Å².